The van der Waals surface area contributed by atoms with Crippen molar-refractivity contribution in [2.75, 3.05) is 0 Å². The number of pyridine rings is 1. The number of aromatic nitrogens is 1. The third kappa shape index (κ3) is 2.29. The fourth-order valence-corrected chi connectivity index (χ4v) is 3.85. The Labute approximate surface area is 135 Å². The predicted molar refractivity (Wildman–Crippen MR) is 90.4 cm³/mol. The van der Waals surface area contributed by atoms with Gasteiger partial charge in [0.05, 0.1) is 11.4 Å². The normalized spacial score (nSPS) is 16.7. The first-order valence-electron chi connectivity index (χ1n) is 7.00. The smallest absolute Gasteiger partial charge is 0.0747 e. The monoisotopic (exact) mass is 316 g/mol. The molecule has 1 radical (unpaired) electrons. The molecule has 0 saturated carbocycles. The van der Waals surface area contributed by atoms with Crippen molar-refractivity contribution < 1.29 is 0 Å². The molecule has 1 aliphatic rings. The van der Waals surface area contributed by atoms with Crippen LogP contribution in [0.3, 0.4) is 0 Å². The van der Waals surface area contributed by atoms with Crippen LogP contribution in [0, 0.1) is 11.8 Å². The molecule has 0 saturated heterocycles. The van der Waals surface area contributed by atoms with Crippen molar-refractivity contribution in [3.05, 3.63) is 69.2 Å². The fraction of sp³-hybridized carbons (Fsp3) is 0.222. The van der Waals surface area contributed by atoms with Crippen LogP contribution in [-0.2, 0) is 0 Å². The Morgan fingerprint density at radius 1 is 1.00 bits per heavy atom. The molecule has 107 valence electrons. The fourth-order valence-electron chi connectivity index (χ4n) is 2.84. The molecule has 0 bridgehead atoms. The van der Waals surface area contributed by atoms with Crippen LogP contribution >= 0.6 is 23.2 Å². The highest BCUT2D eigenvalue weighted by Gasteiger charge is 2.33. The average molecular weight is 317 g/mol. The number of allylic oxidation sites excluding steroid dienone is 4. The van der Waals surface area contributed by atoms with Crippen LogP contribution in [0.2, 0.25) is 0 Å². The lowest BCUT2D eigenvalue weighted by atomic mass is 9.92. The van der Waals surface area contributed by atoms with Crippen LogP contribution in [0.1, 0.15) is 26.3 Å². The van der Waals surface area contributed by atoms with E-state index < -0.39 is 0 Å². The van der Waals surface area contributed by atoms with Gasteiger partial charge in [-0.25, -0.2) is 0 Å². The van der Waals surface area contributed by atoms with Crippen LogP contribution in [0.25, 0.3) is 10.9 Å². The molecule has 1 heterocycles. The van der Waals surface area contributed by atoms with Crippen molar-refractivity contribution in [3.63, 3.8) is 0 Å². The van der Waals surface area contributed by atoms with Gasteiger partial charge in [0.1, 0.15) is 0 Å². The Kier molecular flexibility index (Phi) is 3.81. The summed E-state index contributed by atoms with van der Waals surface area (Å²) in [7, 11) is 0. The molecule has 3 heteroatoms. The zero-order valence-electron chi connectivity index (χ0n) is 12.2. The lowest BCUT2D eigenvalue weighted by molar-refractivity contribution is 0.787. The summed E-state index contributed by atoms with van der Waals surface area (Å²) < 4.78 is 0. The van der Waals surface area contributed by atoms with Gasteiger partial charge in [-0.2, -0.15) is 0 Å². The van der Waals surface area contributed by atoms with E-state index in [4.69, 9.17) is 23.2 Å². The first kappa shape index (κ1) is 14.6. The lowest BCUT2D eigenvalue weighted by Crippen LogP contribution is -2.02. The van der Waals surface area contributed by atoms with E-state index in [1.807, 2.05) is 25.3 Å². The third-order valence-corrected chi connectivity index (χ3v) is 4.76. The standard InChI is InChI=1S/C18H16Cl2N/c1-10(2)14-16(19)11(3)15(17(14)20)13-8-4-6-12-7-5-9-21-18(12)13/h4-10H,1-3H3. The summed E-state index contributed by atoms with van der Waals surface area (Å²) in [6, 6.07) is 10.2. The van der Waals surface area contributed by atoms with Gasteiger partial charge in [0.15, 0.2) is 0 Å². The third-order valence-electron chi connectivity index (χ3n) is 3.88. The number of halogens is 2. The molecule has 0 fully saturated rings. The lowest BCUT2D eigenvalue weighted by Gasteiger charge is -2.15. The molecule has 0 N–H and O–H groups in total. The van der Waals surface area contributed by atoms with Crippen LogP contribution < -0.4 is 0 Å². The summed E-state index contributed by atoms with van der Waals surface area (Å²) in [6.45, 7) is 6.24. The Morgan fingerprint density at radius 2 is 1.71 bits per heavy atom. The van der Waals surface area contributed by atoms with E-state index in [1.54, 1.807) is 0 Å². The van der Waals surface area contributed by atoms with Gasteiger partial charge < -0.3 is 0 Å². The zero-order chi connectivity index (χ0) is 15.1. The maximum atomic E-state index is 6.65. The maximum absolute atomic E-state index is 6.65. The number of hydrogen-bond donors (Lipinski definition) is 0. The first-order valence-corrected chi connectivity index (χ1v) is 7.76. The second-order valence-electron chi connectivity index (χ2n) is 5.58. The molecular weight excluding hydrogens is 301 g/mol. The quantitative estimate of drug-likeness (QED) is 0.679. The summed E-state index contributed by atoms with van der Waals surface area (Å²) in [6.07, 6.45) is 1.81. The minimum absolute atomic E-state index is 0.292. The first-order chi connectivity index (χ1) is 10.0. The van der Waals surface area contributed by atoms with Crippen molar-refractivity contribution in [2.24, 2.45) is 5.92 Å². The molecule has 0 atom stereocenters. The van der Waals surface area contributed by atoms with Gasteiger partial charge in [0.2, 0.25) is 0 Å². The number of nitrogens with zero attached hydrogens (tertiary/aromatic N) is 1. The van der Waals surface area contributed by atoms with E-state index >= 15 is 0 Å². The van der Waals surface area contributed by atoms with Crippen LogP contribution in [0.4, 0.5) is 0 Å². The van der Waals surface area contributed by atoms with E-state index in [0.29, 0.717) is 5.92 Å². The van der Waals surface area contributed by atoms with Crippen molar-refractivity contribution in [1.29, 1.82) is 0 Å². The van der Waals surface area contributed by atoms with Gasteiger partial charge >= 0.3 is 0 Å². The summed E-state index contributed by atoms with van der Waals surface area (Å²) in [5.74, 6) is 1.30. The Hall–Kier alpha value is -1.31. The SMILES string of the molecule is CC1=C(Cl)C(C(C)C)=C(Cl)[C]1c1cccc2cccnc12. The predicted octanol–water partition coefficient (Wildman–Crippen LogP) is 5.83. The van der Waals surface area contributed by atoms with E-state index in [0.717, 1.165) is 43.6 Å². The Bertz CT molecular complexity index is 766. The topological polar surface area (TPSA) is 12.9 Å². The van der Waals surface area contributed by atoms with Crippen LogP contribution in [0.15, 0.2) is 57.7 Å². The molecule has 0 unspecified atom stereocenters. The molecule has 1 aromatic carbocycles. The summed E-state index contributed by atoms with van der Waals surface area (Å²) >= 11 is 13.2. The van der Waals surface area contributed by atoms with Crippen molar-refractivity contribution >= 4 is 34.1 Å². The summed E-state index contributed by atoms with van der Waals surface area (Å²) in [4.78, 5) is 4.52. The molecule has 3 rings (SSSR count). The number of para-hydroxylation sites is 1. The number of rotatable bonds is 2. The molecular formula is C18H16Cl2N. The molecule has 0 amide bonds. The largest absolute Gasteiger partial charge is 0.256 e. The van der Waals surface area contributed by atoms with Crippen molar-refractivity contribution in [1.82, 2.24) is 4.98 Å². The highest BCUT2D eigenvalue weighted by Crippen LogP contribution is 2.49. The number of benzene rings is 1. The van der Waals surface area contributed by atoms with Crippen LogP contribution in [0.5, 0.6) is 0 Å². The molecule has 1 nitrogen and oxygen atoms in total. The minimum Gasteiger partial charge on any atom is -0.256 e. The molecule has 21 heavy (non-hydrogen) atoms. The van der Waals surface area contributed by atoms with Gasteiger partial charge in [0, 0.05) is 21.6 Å². The Balaban J connectivity index is 2.25. The second kappa shape index (κ2) is 5.47. The zero-order valence-corrected chi connectivity index (χ0v) is 13.8. The average Bonchev–Trinajstić information content (AvgIpc) is 2.69. The van der Waals surface area contributed by atoms with Crippen molar-refractivity contribution in [2.45, 2.75) is 20.8 Å². The molecule has 1 aliphatic carbocycles. The van der Waals surface area contributed by atoms with E-state index in [9.17, 15) is 0 Å². The van der Waals surface area contributed by atoms with Gasteiger partial charge in [-0.3, -0.25) is 4.98 Å². The number of fused-ring (bicyclic) bond motifs is 1. The van der Waals surface area contributed by atoms with Gasteiger partial charge in [-0.15, -0.1) is 0 Å². The van der Waals surface area contributed by atoms with Gasteiger partial charge in [-0.05, 0) is 35.6 Å². The second-order valence-corrected chi connectivity index (χ2v) is 6.33. The van der Waals surface area contributed by atoms with E-state index in [2.05, 4.69) is 37.0 Å². The molecule has 2 aromatic rings. The Morgan fingerprint density at radius 3 is 2.38 bits per heavy atom. The molecule has 0 aliphatic heterocycles. The van der Waals surface area contributed by atoms with Gasteiger partial charge in [-0.1, -0.05) is 61.3 Å². The molecule has 1 aromatic heterocycles. The minimum atomic E-state index is 0.292. The van der Waals surface area contributed by atoms with Crippen molar-refractivity contribution in [3.8, 4) is 0 Å². The maximum Gasteiger partial charge on any atom is 0.0747 e. The van der Waals surface area contributed by atoms with Crippen LogP contribution in [-0.4, -0.2) is 4.98 Å². The van der Waals surface area contributed by atoms with Gasteiger partial charge in [0.25, 0.3) is 0 Å². The highest BCUT2D eigenvalue weighted by atomic mass is 35.5. The number of hydrogen-bond acceptors (Lipinski definition) is 1. The van der Waals surface area contributed by atoms with E-state index in [-0.39, 0.29) is 0 Å². The highest BCUT2D eigenvalue weighted by molar-refractivity contribution is 6.39. The van der Waals surface area contributed by atoms with E-state index in [1.165, 1.54) is 0 Å². The summed E-state index contributed by atoms with van der Waals surface area (Å²) in [5.41, 5.74) is 4.06. The molecule has 0 spiro atoms. The summed E-state index contributed by atoms with van der Waals surface area (Å²) in [5, 5.41) is 2.64.